The van der Waals surface area contributed by atoms with Gasteiger partial charge in [0.15, 0.2) is 6.61 Å². The van der Waals surface area contributed by atoms with Gasteiger partial charge in [0.05, 0.1) is 5.56 Å². The number of carbonyl (C=O) groups excluding carboxylic acids is 1. The minimum atomic E-state index is -0.891. The van der Waals surface area contributed by atoms with Crippen molar-refractivity contribution in [2.24, 2.45) is 0 Å². The molecule has 2 aromatic carbocycles. The number of ketones is 1. The molecule has 0 spiro atoms. The minimum Gasteiger partial charge on any atom is -0.485 e. The highest BCUT2D eigenvalue weighted by molar-refractivity contribution is 6.30. The molecule has 2 rings (SSSR count). The number of halogens is 3. The average molecular weight is 297 g/mol. The molecule has 20 heavy (non-hydrogen) atoms. The van der Waals surface area contributed by atoms with Gasteiger partial charge in [-0.1, -0.05) is 17.7 Å². The number of rotatable bonds is 4. The molecule has 5 heteroatoms. The van der Waals surface area contributed by atoms with Crippen LogP contribution in [0.15, 0.2) is 36.4 Å². The summed E-state index contributed by atoms with van der Waals surface area (Å²) in [5.74, 6) is -2.10. The molecule has 0 saturated carbocycles. The van der Waals surface area contributed by atoms with Gasteiger partial charge in [0, 0.05) is 5.02 Å². The van der Waals surface area contributed by atoms with Crippen molar-refractivity contribution in [2.45, 2.75) is 6.92 Å². The monoisotopic (exact) mass is 296 g/mol. The van der Waals surface area contributed by atoms with Crippen LogP contribution in [0.2, 0.25) is 5.02 Å². The first-order valence-corrected chi connectivity index (χ1v) is 6.23. The molecule has 0 aromatic heterocycles. The summed E-state index contributed by atoms with van der Waals surface area (Å²) >= 11 is 5.71. The van der Waals surface area contributed by atoms with Crippen LogP contribution in [0, 0.1) is 18.6 Å². The summed E-state index contributed by atoms with van der Waals surface area (Å²) in [6.45, 7) is 1.02. The molecule has 0 amide bonds. The first-order valence-electron chi connectivity index (χ1n) is 5.85. The second-order valence-electron chi connectivity index (χ2n) is 4.22. The Hall–Kier alpha value is -1.94. The molecule has 2 nitrogen and oxygen atoms in total. The number of Topliss-reactive ketones (excluding diaryl/α,β-unsaturated/α-hetero) is 1. The van der Waals surface area contributed by atoms with E-state index >= 15 is 0 Å². The van der Waals surface area contributed by atoms with E-state index in [9.17, 15) is 13.6 Å². The van der Waals surface area contributed by atoms with Crippen molar-refractivity contribution in [3.8, 4) is 5.75 Å². The maximum atomic E-state index is 13.8. The number of carbonyl (C=O) groups is 1. The van der Waals surface area contributed by atoms with Crippen LogP contribution in [0.4, 0.5) is 8.78 Å². The number of hydrogen-bond acceptors (Lipinski definition) is 2. The molecule has 0 heterocycles. The second-order valence-corrected chi connectivity index (χ2v) is 4.66. The Morgan fingerprint density at radius 3 is 2.45 bits per heavy atom. The van der Waals surface area contributed by atoms with E-state index in [1.54, 1.807) is 24.3 Å². The van der Waals surface area contributed by atoms with Crippen molar-refractivity contribution < 1.29 is 18.3 Å². The summed E-state index contributed by atoms with van der Waals surface area (Å²) in [4.78, 5) is 11.8. The van der Waals surface area contributed by atoms with Crippen molar-refractivity contribution in [2.75, 3.05) is 6.61 Å². The number of aryl methyl sites for hydroxylation is 1. The lowest BCUT2D eigenvalue weighted by molar-refractivity contribution is 0.0913. The van der Waals surface area contributed by atoms with Crippen molar-refractivity contribution >= 4 is 17.4 Å². The zero-order valence-electron chi connectivity index (χ0n) is 10.6. The van der Waals surface area contributed by atoms with Gasteiger partial charge in [0.2, 0.25) is 5.78 Å². The molecule has 0 radical (unpaired) electrons. The lowest BCUT2D eigenvalue weighted by Crippen LogP contribution is -2.15. The highest BCUT2D eigenvalue weighted by Crippen LogP contribution is 2.19. The van der Waals surface area contributed by atoms with Crippen LogP contribution in [0.25, 0.3) is 0 Å². The summed E-state index contributed by atoms with van der Waals surface area (Å²) in [5, 5.41) is 0.527. The maximum absolute atomic E-state index is 13.8. The third-order valence-corrected chi connectivity index (χ3v) is 3.00. The molecular formula is C15H11ClF2O2. The van der Waals surface area contributed by atoms with Crippen molar-refractivity contribution in [1.82, 2.24) is 0 Å². The van der Waals surface area contributed by atoms with E-state index in [1.807, 2.05) is 0 Å². The Morgan fingerprint density at radius 2 is 1.80 bits per heavy atom. The van der Waals surface area contributed by atoms with E-state index < -0.39 is 29.6 Å². The van der Waals surface area contributed by atoms with Crippen LogP contribution in [0.1, 0.15) is 15.9 Å². The molecule has 0 aliphatic rings. The smallest absolute Gasteiger partial charge is 0.206 e. The fraction of sp³-hybridized carbons (Fsp3) is 0.133. The van der Waals surface area contributed by atoms with E-state index in [0.29, 0.717) is 10.8 Å². The van der Waals surface area contributed by atoms with E-state index in [4.69, 9.17) is 16.3 Å². The highest BCUT2D eigenvalue weighted by atomic mass is 35.5. The van der Waals surface area contributed by atoms with Gasteiger partial charge in [-0.25, -0.2) is 8.78 Å². The summed E-state index contributed by atoms with van der Waals surface area (Å²) in [7, 11) is 0. The molecule has 2 aromatic rings. The Bertz CT molecular complexity index is 639. The lowest BCUT2D eigenvalue weighted by Gasteiger charge is -2.08. The molecule has 0 saturated heterocycles. The molecule has 0 aliphatic carbocycles. The number of benzene rings is 2. The van der Waals surface area contributed by atoms with Crippen molar-refractivity contribution in [1.29, 1.82) is 0 Å². The van der Waals surface area contributed by atoms with Crippen molar-refractivity contribution in [3.05, 3.63) is 64.2 Å². The molecular weight excluding hydrogens is 286 g/mol. The Balaban J connectivity index is 2.13. The van der Waals surface area contributed by atoms with Gasteiger partial charge in [-0.15, -0.1) is 0 Å². The third-order valence-electron chi connectivity index (χ3n) is 2.75. The Labute approximate surface area is 119 Å². The van der Waals surface area contributed by atoms with Crippen LogP contribution in [-0.2, 0) is 0 Å². The van der Waals surface area contributed by atoms with Crippen molar-refractivity contribution in [3.63, 3.8) is 0 Å². The van der Waals surface area contributed by atoms with Gasteiger partial charge >= 0.3 is 0 Å². The standard InChI is InChI=1S/C15H11ClF2O2/c1-9-2-7-12(17)14(15(9)18)13(19)8-20-11-5-3-10(16)4-6-11/h2-7H,8H2,1H3. The Morgan fingerprint density at radius 1 is 1.15 bits per heavy atom. The van der Waals surface area contributed by atoms with Crippen LogP contribution >= 0.6 is 11.6 Å². The predicted octanol–water partition coefficient (Wildman–Crippen LogP) is 4.19. The van der Waals surface area contributed by atoms with Crippen LogP contribution in [0.3, 0.4) is 0 Å². The van der Waals surface area contributed by atoms with E-state index in [-0.39, 0.29) is 5.56 Å². The zero-order valence-corrected chi connectivity index (χ0v) is 11.4. The SMILES string of the molecule is Cc1ccc(F)c(C(=O)COc2ccc(Cl)cc2)c1F. The molecule has 0 unspecified atom stereocenters. The summed E-state index contributed by atoms with van der Waals surface area (Å²) < 4.78 is 32.5. The topological polar surface area (TPSA) is 26.3 Å². The average Bonchev–Trinajstić information content (AvgIpc) is 2.43. The van der Waals surface area contributed by atoms with Crippen LogP contribution in [0.5, 0.6) is 5.75 Å². The molecule has 0 bridgehead atoms. The Kier molecular flexibility index (Phi) is 4.35. The summed E-state index contributed by atoms with van der Waals surface area (Å²) in [6.07, 6.45) is 0. The predicted molar refractivity (Wildman–Crippen MR) is 72.4 cm³/mol. The quantitative estimate of drug-likeness (QED) is 0.791. The molecule has 0 atom stereocenters. The van der Waals surface area contributed by atoms with Crippen LogP contribution < -0.4 is 4.74 Å². The van der Waals surface area contributed by atoms with Gasteiger partial charge in [-0.2, -0.15) is 0 Å². The first kappa shape index (κ1) is 14.5. The van der Waals surface area contributed by atoms with Gasteiger partial charge < -0.3 is 4.74 Å². The van der Waals surface area contributed by atoms with Gasteiger partial charge in [-0.3, -0.25) is 4.79 Å². The zero-order chi connectivity index (χ0) is 14.7. The largest absolute Gasteiger partial charge is 0.485 e. The minimum absolute atomic E-state index is 0.209. The molecule has 0 fully saturated rings. The van der Waals surface area contributed by atoms with E-state index in [1.165, 1.54) is 13.0 Å². The fourth-order valence-electron chi connectivity index (χ4n) is 1.66. The molecule has 0 aliphatic heterocycles. The summed E-state index contributed by atoms with van der Waals surface area (Å²) in [6, 6.07) is 8.66. The normalized spacial score (nSPS) is 10.4. The second kappa shape index (κ2) is 6.01. The highest BCUT2D eigenvalue weighted by Gasteiger charge is 2.19. The van der Waals surface area contributed by atoms with Crippen LogP contribution in [-0.4, -0.2) is 12.4 Å². The summed E-state index contributed by atoms with van der Waals surface area (Å²) in [5.41, 5.74) is -0.361. The molecule has 104 valence electrons. The number of hydrogen-bond donors (Lipinski definition) is 0. The fourth-order valence-corrected chi connectivity index (χ4v) is 1.79. The maximum Gasteiger partial charge on any atom is 0.206 e. The van der Waals surface area contributed by atoms with Gasteiger partial charge in [0.1, 0.15) is 17.4 Å². The van der Waals surface area contributed by atoms with E-state index in [2.05, 4.69) is 0 Å². The third kappa shape index (κ3) is 3.14. The van der Waals surface area contributed by atoms with Gasteiger partial charge in [0.25, 0.3) is 0 Å². The molecule has 0 N–H and O–H groups in total. The van der Waals surface area contributed by atoms with E-state index in [0.717, 1.165) is 6.07 Å². The van der Waals surface area contributed by atoms with Gasteiger partial charge in [-0.05, 0) is 42.8 Å². The number of ether oxygens (including phenoxy) is 1. The lowest BCUT2D eigenvalue weighted by atomic mass is 10.1. The first-order chi connectivity index (χ1) is 9.49.